The first-order chi connectivity index (χ1) is 12.2. The van der Waals surface area contributed by atoms with Crippen molar-refractivity contribution in [1.82, 2.24) is 15.5 Å². The summed E-state index contributed by atoms with van der Waals surface area (Å²) >= 11 is 0. The second-order valence-electron chi connectivity index (χ2n) is 7.23. The maximum Gasteiger partial charge on any atom is 0.287 e. The molecule has 7 heteroatoms. The third-order valence-corrected chi connectivity index (χ3v) is 5.48. The smallest absolute Gasteiger partial charge is 0.287 e. The van der Waals surface area contributed by atoms with E-state index in [1.807, 2.05) is 14.0 Å². The van der Waals surface area contributed by atoms with Gasteiger partial charge < -0.3 is 20.0 Å². The standard InChI is InChI=1S/C19H30N4O2.HI/c1-14-8-11-25-17(14)18(24)21-9-5-10-22-19(20-2)23-12-15-6-3-4-7-16(15)13-23;/h8,11,15-16H,3-7,9-10,12-13H2,1-2H3,(H,20,22)(H,21,24);1H. The quantitative estimate of drug-likeness (QED) is 0.298. The number of halogens is 1. The fourth-order valence-electron chi connectivity index (χ4n) is 4.09. The van der Waals surface area contributed by atoms with E-state index in [1.54, 1.807) is 12.3 Å². The molecule has 2 atom stereocenters. The van der Waals surface area contributed by atoms with Crippen molar-refractivity contribution in [1.29, 1.82) is 0 Å². The first kappa shape index (κ1) is 21.1. The summed E-state index contributed by atoms with van der Waals surface area (Å²) in [7, 11) is 1.85. The molecule has 2 fully saturated rings. The molecule has 1 aromatic rings. The predicted octanol–water partition coefficient (Wildman–Crippen LogP) is 3.02. The van der Waals surface area contributed by atoms with E-state index in [2.05, 4.69) is 20.5 Å². The first-order valence-electron chi connectivity index (χ1n) is 9.47. The summed E-state index contributed by atoms with van der Waals surface area (Å²) in [6.07, 6.45) is 7.91. The van der Waals surface area contributed by atoms with Gasteiger partial charge in [0, 0.05) is 38.8 Å². The van der Waals surface area contributed by atoms with Crippen molar-refractivity contribution in [3.8, 4) is 0 Å². The number of aliphatic imine (C=N–C) groups is 1. The number of amides is 1. The van der Waals surface area contributed by atoms with Crippen LogP contribution >= 0.6 is 24.0 Å². The van der Waals surface area contributed by atoms with Crippen molar-refractivity contribution in [2.75, 3.05) is 33.2 Å². The minimum atomic E-state index is -0.143. The molecule has 1 saturated carbocycles. The molecule has 1 aromatic heterocycles. The molecule has 0 bridgehead atoms. The zero-order chi connectivity index (χ0) is 17.6. The van der Waals surface area contributed by atoms with Gasteiger partial charge in [-0.2, -0.15) is 0 Å². The Balaban J connectivity index is 0.00000243. The topological polar surface area (TPSA) is 69.9 Å². The number of nitrogens with zero attached hydrogens (tertiary/aromatic N) is 2. The zero-order valence-corrected chi connectivity index (χ0v) is 18.1. The SMILES string of the molecule is CN=C(NCCCNC(=O)c1occc1C)N1CC2CCCCC2C1.I. The molecule has 0 radical (unpaired) electrons. The lowest BCUT2D eigenvalue weighted by molar-refractivity contribution is 0.0925. The average Bonchev–Trinajstić information content (AvgIpc) is 3.23. The highest BCUT2D eigenvalue weighted by molar-refractivity contribution is 14.0. The van der Waals surface area contributed by atoms with Crippen LogP contribution in [0.15, 0.2) is 21.7 Å². The Hall–Kier alpha value is -1.25. The molecule has 2 unspecified atom stereocenters. The van der Waals surface area contributed by atoms with Crippen LogP contribution in [0.1, 0.15) is 48.2 Å². The Labute approximate surface area is 173 Å². The summed E-state index contributed by atoms with van der Waals surface area (Å²) in [6.45, 7) is 5.57. The molecule has 1 amide bonds. The van der Waals surface area contributed by atoms with Crippen LogP contribution in [0.4, 0.5) is 0 Å². The van der Waals surface area contributed by atoms with Crippen molar-refractivity contribution in [3.63, 3.8) is 0 Å². The largest absolute Gasteiger partial charge is 0.459 e. The molecule has 3 rings (SSSR count). The summed E-state index contributed by atoms with van der Waals surface area (Å²) in [5.74, 6) is 2.97. The molecular formula is C19H31IN4O2. The average molecular weight is 474 g/mol. The molecule has 0 spiro atoms. The predicted molar refractivity (Wildman–Crippen MR) is 114 cm³/mol. The van der Waals surface area contributed by atoms with Crippen LogP contribution in [0, 0.1) is 18.8 Å². The number of aryl methyl sites for hydroxylation is 1. The summed E-state index contributed by atoms with van der Waals surface area (Å²) in [4.78, 5) is 18.8. The van der Waals surface area contributed by atoms with E-state index in [9.17, 15) is 4.79 Å². The minimum Gasteiger partial charge on any atom is -0.459 e. The third-order valence-electron chi connectivity index (χ3n) is 5.48. The Morgan fingerprint density at radius 1 is 1.23 bits per heavy atom. The lowest BCUT2D eigenvalue weighted by atomic mass is 9.82. The monoisotopic (exact) mass is 474 g/mol. The summed E-state index contributed by atoms with van der Waals surface area (Å²) in [6, 6.07) is 1.80. The summed E-state index contributed by atoms with van der Waals surface area (Å²) in [5.41, 5.74) is 0.867. The van der Waals surface area contributed by atoms with Gasteiger partial charge in [0.1, 0.15) is 0 Å². The van der Waals surface area contributed by atoms with Gasteiger partial charge in [0.2, 0.25) is 0 Å². The van der Waals surface area contributed by atoms with Crippen LogP contribution in [0.2, 0.25) is 0 Å². The summed E-state index contributed by atoms with van der Waals surface area (Å²) in [5, 5.41) is 6.34. The van der Waals surface area contributed by atoms with Crippen LogP contribution in [0.3, 0.4) is 0 Å². The van der Waals surface area contributed by atoms with E-state index >= 15 is 0 Å². The van der Waals surface area contributed by atoms with Crippen LogP contribution in [0.5, 0.6) is 0 Å². The van der Waals surface area contributed by atoms with Crippen molar-refractivity contribution in [2.24, 2.45) is 16.8 Å². The fourth-order valence-corrected chi connectivity index (χ4v) is 4.09. The Morgan fingerprint density at radius 2 is 1.88 bits per heavy atom. The number of furan rings is 1. The van der Waals surface area contributed by atoms with E-state index in [4.69, 9.17) is 4.42 Å². The second kappa shape index (κ2) is 10.2. The molecule has 6 nitrogen and oxygen atoms in total. The Bertz CT molecular complexity index is 602. The van der Waals surface area contributed by atoms with Crippen LogP contribution in [-0.4, -0.2) is 50.0 Å². The van der Waals surface area contributed by atoms with E-state index in [0.717, 1.165) is 49.4 Å². The summed E-state index contributed by atoms with van der Waals surface area (Å²) < 4.78 is 5.20. The number of hydrogen-bond acceptors (Lipinski definition) is 3. The molecule has 146 valence electrons. The second-order valence-corrected chi connectivity index (χ2v) is 7.23. The van der Waals surface area contributed by atoms with Gasteiger partial charge in [-0.3, -0.25) is 9.79 Å². The van der Waals surface area contributed by atoms with Gasteiger partial charge in [0.25, 0.3) is 5.91 Å². The van der Waals surface area contributed by atoms with Gasteiger partial charge in [-0.25, -0.2) is 0 Å². The number of hydrogen-bond donors (Lipinski definition) is 2. The van der Waals surface area contributed by atoms with Gasteiger partial charge in [0.15, 0.2) is 11.7 Å². The number of carbonyl (C=O) groups excluding carboxylic acids is 1. The van der Waals surface area contributed by atoms with Crippen LogP contribution in [-0.2, 0) is 0 Å². The lowest BCUT2D eigenvalue weighted by Crippen LogP contribution is -2.41. The lowest BCUT2D eigenvalue weighted by Gasteiger charge is -2.22. The Morgan fingerprint density at radius 3 is 2.46 bits per heavy atom. The van der Waals surface area contributed by atoms with E-state index < -0.39 is 0 Å². The number of rotatable bonds is 5. The van der Waals surface area contributed by atoms with Gasteiger partial charge in [-0.05, 0) is 44.1 Å². The van der Waals surface area contributed by atoms with Crippen molar-refractivity contribution >= 4 is 35.8 Å². The zero-order valence-electron chi connectivity index (χ0n) is 15.8. The highest BCUT2D eigenvalue weighted by Gasteiger charge is 2.35. The number of guanidine groups is 1. The van der Waals surface area contributed by atoms with Crippen molar-refractivity contribution in [2.45, 2.75) is 39.0 Å². The maximum atomic E-state index is 12.0. The van der Waals surface area contributed by atoms with Gasteiger partial charge in [0.05, 0.1) is 6.26 Å². The molecule has 0 aromatic carbocycles. The molecule has 1 saturated heterocycles. The Kier molecular flexibility index (Phi) is 8.24. The van der Waals surface area contributed by atoms with Gasteiger partial charge >= 0.3 is 0 Å². The van der Waals surface area contributed by atoms with Gasteiger partial charge in [-0.15, -0.1) is 24.0 Å². The molecule has 1 aliphatic carbocycles. The molecule has 26 heavy (non-hydrogen) atoms. The van der Waals surface area contributed by atoms with Crippen molar-refractivity contribution < 1.29 is 9.21 Å². The number of likely N-dealkylation sites (tertiary alicyclic amines) is 1. The van der Waals surface area contributed by atoms with E-state index in [-0.39, 0.29) is 29.9 Å². The normalized spacial score (nSPS) is 22.5. The number of fused-ring (bicyclic) bond motifs is 1. The molecule has 2 heterocycles. The van der Waals surface area contributed by atoms with E-state index in [1.165, 1.54) is 25.7 Å². The highest BCUT2D eigenvalue weighted by atomic mass is 127. The molecular weight excluding hydrogens is 443 g/mol. The first-order valence-corrected chi connectivity index (χ1v) is 9.47. The molecule has 2 N–H and O–H groups in total. The highest BCUT2D eigenvalue weighted by Crippen LogP contribution is 2.35. The van der Waals surface area contributed by atoms with E-state index in [0.29, 0.717) is 12.3 Å². The van der Waals surface area contributed by atoms with Gasteiger partial charge in [-0.1, -0.05) is 12.8 Å². The minimum absolute atomic E-state index is 0. The number of carbonyl (C=O) groups is 1. The molecule has 1 aliphatic heterocycles. The third kappa shape index (κ3) is 5.14. The van der Waals surface area contributed by atoms with Crippen molar-refractivity contribution in [3.05, 3.63) is 23.7 Å². The fraction of sp³-hybridized carbons (Fsp3) is 0.684. The number of nitrogens with one attached hydrogen (secondary N) is 2. The molecule has 2 aliphatic rings. The van der Waals surface area contributed by atoms with Crippen LogP contribution in [0.25, 0.3) is 0 Å². The maximum absolute atomic E-state index is 12.0. The van der Waals surface area contributed by atoms with Crippen LogP contribution < -0.4 is 10.6 Å².